The van der Waals surface area contributed by atoms with Crippen LogP contribution < -0.4 is 5.56 Å². The maximum Gasteiger partial charge on any atom is 0.268 e. The molecule has 0 aliphatic carbocycles. The summed E-state index contributed by atoms with van der Waals surface area (Å²) in [7, 11) is 0. The number of benzene rings is 2. The summed E-state index contributed by atoms with van der Waals surface area (Å²) in [5.74, 6) is 0.142. The Kier molecular flexibility index (Phi) is 3.69. The second kappa shape index (κ2) is 6.35. The number of fused-ring (bicyclic) bond motifs is 3. The lowest BCUT2D eigenvalue weighted by molar-refractivity contribution is 0.475. The van der Waals surface area contributed by atoms with Crippen molar-refractivity contribution in [2.75, 3.05) is 0 Å². The quantitative estimate of drug-likeness (QED) is 0.510. The van der Waals surface area contributed by atoms with Gasteiger partial charge in [0.05, 0.1) is 16.8 Å². The monoisotopic (exact) mass is 368 g/mol. The third kappa shape index (κ3) is 2.54. The molecule has 0 bridgehead atoms. The number of hydrogen-bond acceptors (Lipinski definition) is 4. The van der Waals surface area contributed by atoms with Gasteiger partial charge in [0.15, 0.2) is 0 Å². The number of phenolic OH excluding ortho intramolecular Hbond substituents is 1. The Labute approximate surface area is 159 Å². The van der Waals surface area contributed by atoms with E-state index in [-0.39, 0.29) is 11.3 Å². The molecule has 0 aliphatic heterocycles. The lowest BCUT2D eigenvalue weighted by Crippen LogP contribution is -2.20. The number of aromatic nitrogens is 4. The first-order valence-corrected chi connectivity index (χ1v) is 8.92. The van der Waals surface area contributed by atoms with Gasteiger partial charge in [-0.1, -0.05) is 30.3 Å². The smallest absolute Gasteiger partial charge is 0.268 e. The first-order valence-electron chi connectivity index (χ1n) is 8.92. The van der Waals surface area contributed by atoms with Crippen molar-refractivity contribution < 1.29 is 5.11 Å². The Balaban J connectivity index is 1.83. The van der Waals surface area contributed by atoms with Crippen LogP contribution in [0.5, 0.6) is 5.75 Å². The molecule has 0 aliphatic rings. The number of hydrogen-bond donors (Lipinski definition) is 2. The largest absolute Gasteiger partial charge is 0.508 e. The van der Waals surface area contributed by atoms with Gasteiger partial charge < -0.3 is 5.11 Å². The molecule has 5 aromatic rings. The third-order valence-electron chi connectivity index (χ3n) is 4.84. The third-order valence-corrected chi connectivity index (χ3v) is 4.84. The molecule has 6 nitrogen and oxygen atoms in total. The molecule has 136 valence electrons. The van der Waals surface area contributed by atoms with Crippen LogP contribution in [0.1, 0.15) is 11.3 Å². The molecule has 28 heavy (non-hydrogen) atoms. The van der Waals surface area contributed by atoms with Gasteiger partial charge >= 0.3 is 0 Å². The van der Waals surface area contributed by atoms with Crippen molar-refractivity contribution >= 4 is 21.9 Å². The van der Waals surface area contributed by atoms with Crippen molar-refractivity contribution in [2.24, 2.45) is 0 Å². The van der Waals surface area contributed by atoms with Crippen LogP contribution in [-0.4, -0.2) is 24.9 Å². The van der Waals surface area contributed by atoms with E-state index in [0.29, 0.717) is 28.7 Å². The van der Waals surface area contributed by atoms with Gasteiger partial charge in [-0.15, -0.1) is 0 Å². The molecular weight excluding hydrogens is 352 g/mol. The van der Waals surface area contributed by atoms with Crippen LogP contribution in [0.4, 0.5) is 0 Å². The zero-order valence-electron chi connectivity index (χ0n) is 14.8. The highest BCUT2D eigenvalue weighted by Gasteiger charge is 2.18. The molecule has 0 unspecified atom stereocenters. The number of rotatable bonds is 3. The van der Waals surface area contributed by atoms with Gasteiger partial charge in [-0.25, -0.2) is 4.98 Å². The predicted octanol–water partition coefficient (Wildman–Crippen LogP) is 3.56. The lowest BCUT2D eigenvalue weighted by Gasteiger charge is -2.10. The van der Waals surface area contributed by atoms with Crippen molar-refractivity contribution in [3.05, 3.63) is 94.5 Å². The highest BCUT2D eigenvalue weighted by atomic mass is 16.3. The van der Waals surface area contributed by atoms with Crippen molar-refractivity contribution in [1.29, 1.82) is 0 Å². The summed E-state index contributed by atoms with van der Waals surface area (Å²) in [6.45, 7) is 0. The summed E-state index contributed by atoms with van der Waals surface area (Å²) in [5, 5.41) is 18.4. The number of nitrogens with one attached hydrogen (secondary N) is 1. The standard InChI is InChI=1S/C22H16N4O2/c27-16-10-8-15(9-11-16)26-21-17(7-4-12-23-21)20-19(22(26)28)18(24-25-20)13-14-5-2-1-3-6-14/h1-12,27H,13H2,(H,24,25). The van der Waals surface area contributed by atoms with Crippen LogP contribution in [0.3, 0.4) is 0 Å². The van der Waals surface area contributed by atoms with Crippen LogP contribution in [0.15, 0.2) is 77.7 Å². The van der Waals surface area contributed by atoms with Crippen molar-refractivity contribution in [2.45, 2.75) is 6.42 Å². The minimum absolute atomic E-state index is 0.142. The van der Waals surface area contributed by atoms with Crippen LogP contribution in [0, 0.1) is 0 Å². The van der Waals surface area contributed by atoms with E-state index >= 15 is 0 Å². The Morgan fingerprint density at radius 1 is 0.964 bits per heavy atom. The van der Waals surface area contributed by atoms with E-state index < -0.39 is 0 Å². The minimum atomic E-state index is -0.188. The Hall–Kier alpha value is -3.93. The zero-order valence-corrected chi connectivity index (χ0v) is 14.8. The number of aromatic amines is 1. The summed E-state index contributed by atoms with van der Waals surface area (Å²) in [6, 6.07) is 20.2. The summed E-state index contributed by atoms with van der Waals surface area (Å²) in [5.41, 5.74) is 3.46. The van der Waals surface area contributed by atoms with Crippen molar-refractivity contribution in [3.63, 3.8) is 0 Å². The number of aromatic hydroxyl groups is 1. The summed E-state index contributed by atoms with van der Waals surface area (Å²) in [6.07, 6.45) is 2.23. The molecular formula is C22H16N4O2. The van der Waals surface area contributed by atoms with Crippen LogP contribution in [-0.2, 0) is 6.42 Å². The first-order chi connectivity index (χ1) is 13.7. The number of pyridine rings is 2. The van der Waals surface area contributed by atoms with Gasteiger partial charge in [0, 0.05) is 18.0 Å². The molecule has 6 heteroatoms. The summed E-state index contributed by atoms with van der Waals surface area (Å²) in [4.78, 5) is 17.9. The maximum atomic E-state index is 13.5. The molecule has 0 radical (unpaired) electrons. The number of nitrogens with zero attached hydrogens (tertiary/aromatic N) is 3. The summed E-state index contributed by atoms with van der Waals surface area (Å²) >= 11 is 0. The predicted molar refractivity (Wildman–Crippen MR) is 108 cm³/mol. The Morgan fingerprint density at radius 2 is 1.75 bits per heavy atom. The molecule has 0 spiro atoms. The Bertz CT molecular complexity index is 1350. The van der Waals surface area contributed by atoms with Gasteiger partial charge in [0.2, 0.25) is 0 Å². The van der Waals surface area contributed by atoms with Gasteiger partial charge in [-0.3, -0.25) is 14.5 Å². The fourth-order valence-corrected chi connectivity index (χ4v) is 3.54. The zero-order chi connectivity index (χ0) is 19.1. The topological polar surface area (TPSA) is 83.8 Å². The van der Waals surface area contributed by atoms with E-state index in [1.54, 1.807) is 35.0 Å². The molecule has 2 N–H and O–H groups in total. The second-order valence-electron chi connectivity index (χ2n) is 6.62. The normalized spacial score (nSPS) is 11.3. The molecule has 0 fully saturated rings. The number of phenols is 1. The molecule has 3 aromatic heterocycles. The van der Waals surface area contributed by atoms with Crippen LogP contribution >= 0.6 is 0 Å². The Morgan fingerprint density at radius 3 is 2.54 bits per heavy atom. The van der Waals surface area contributed by atoms with E-state index in [1.807, 2.05) is 42.5 Å². The van der Waals surface area contributed by atoms with E-state index in [0.717, 1.165) is 16.6 Å². The average molecular weight is 368 g/mol. The van der Waals surface area contributed by atoms with E-state index in [1.165, 1.54) is 0 Å². The van der Waals surface area contributed by atoms with Gasteiger partial charge in [-0.2, -0.15) is 5.10 Å². The fourth-order valence-electron chi connectivity index (χ4n) is 3.54. The molecule has 5 rings (SSSR count). The van der Waals surface area contributed by atoms with E-state index in [9.17, 15) is 9.90 Å². The summed E-state index contributed by atoms with van der Waals surface area (Å²) < 4.78 is 1.57. The van der Waals surface area contributed by atoms with Gasteiger partial charge in [-0.05, 0) is 42.0 Å². The highest BCUT2D eigenvalue weighted by Crippen LogP contribution is 2.25. The molecule has 3 heterocycles. The van der Waals surface area contributed by atoms with Gasteiger partial charge in [0.25, 0.3) is 5.56 Å². The molecule has 2 aromatic carbocycles. The molecule has 0 saturated carbocycles. The second-order valence-corrected chi connectivity index (χ2v) is 6.62. The lowest BCUT2D eigenvalue weighted by atomic mass is 10.1. The first kappa shape index (κ1) is 16.3. The van der Waals surface area contributed by atoms with Crippen LogP contribution in [0.2, 0.25) is 0 Å². The molecule has 0 atom stereocenters. The van der Waals surface area contributed by atoms with Gasteiger partial charge in [0.1, 0.15) is 16.9 Å². The minimum Gasteiger partial charge on any atom is -0.508 e. The molecule has 0 amide bonds. The average Bonchev–Trinajstić information content (AvgIpc) is 3.14. The van der Waals surface area contributed by atoms with Crippen LogP contribution in [0.25, 0.3) is 27.6 Å². The van der Waals surface area contributed by atoms with E-state index in [2.05, 4.69) is 15.2 Å². The van der Waals surface area contributed by atoms with E-state index in [4.69, 9.17) is 0 Å². The fraction of sp³-hybridized carbons (Fsp3) is 0.0455. The van der Waals surface area contributed by atoms with Crippen molar-refractivity contribution in [1.82, 2.24) is 19.7 Å². The molecule has 0 saturated heterocycles. The number of H-pyrrole nitrogens is 1. The maximum absolute atomic E-state index is 13.5. The SMILES string of the molecule is O=c1c2c(Cc3ccccc3)[nH]nc2c2cccnc2n1-c1ccc(O)cc1. The van der Waals surface area contributed by atoms with Crippen molar-refractivity contribution in [3.8, 4) is 11.4 Å². The highest BCUT2D eigenvalue weighted by molar-refractivity contribution is 6.03.